The lowest BCUT2D eigenvalue weighted by molar-refractivity contribution is 0.639. The van der Waals surface area contributed by atoms with Gasteiger partial charge in [0.25, 0.3) is 0 Å². The highest BCUT2D eigenvalue weighted by Crippen LogP contribution is 2.23. The molecule has 1 aromatic heterocycles. The van der Waals surface area contributed by atoms with Gasteiger partial charge in [-0.25, -0.2) is 4.39 Å². The van der Waals surface area contributed by atoms with Crippen molar-refractivity contribution in [2.75, 3.05) is 0 Å². The van der Waals surface area contributed by atoms with Gasteiger partial charge in [0, 0.05) is 23.2 Å². The summed E-state index contributed by atoms with van der Waals surface area (Å²) in [7, 11) is 0. The Labute approximate surface area is 80.6 Å². The zero-order chi connectivity index (χ0) is 10.1. The van der Waals surface area contributed by atoms with Gasteiger partial charge in [-0.05, 0) is 18.6 Å². The molecule has 2 nitrogen and oxygen atoms in total. The highest BCUT2D eigenvalue weighted by Gasteiger charge is 2.07. The van der Waals surface area contributed by atoms with Crippen LogP contribution in [0.15, 0.2) is 24.5 Å². The van der Waals surface area contributed by atoms with Crippen LogP contribution in [0.5, 0.6) is 0 Å². The van der Waals surface area contributed by atoms with Crippen LogP contribution in [0.25, 0.3) is 10.8 Å². The third kappa shape index (κ3) is 1.12. The summed E-state index contributed by atoms with van der Waals surface area (Å²) in [5, 5.41) is 9.86. The summed E-state index contributed by atoms with van der Waals surface area (Å²) in [4.78, 5) is 3.90. The Bertz CT molecular complexity index is 541. The van der Waals surface area contributed by atoms with Crippen LogP contribution in [0.4, 0.5) is 4.39 Å². The number of halogens is 1. The molecule has 2 aromatic rings. The Kier molecular flexibility index (Phi) is 1.90. The fourth-order valence-corrected chi connectivity index (χ4v) is 1.47. The van der Waals surface area contributed by atoms with Crippen molar-refractivity contribution in [1.29, 1.82) is 5.26 Å². The molecule has 2 rings (SSSR count). The summed E-state index contributed by atoms with van der Waals surface area (Å²) < 4.78 is 13.4. The molecule has 1 aromatic carbocycles. The molecule has 0 amide bonds. The van der Waals surface area contributed by atoms with Crippen LogP contribution in [-0.4, -0.2) is 4.98 Å². The fraction of sp³-hybridized carbons (Fsp3) is 0.0909. The smallest absolute Gasteiger partial charge is 0.132 e. The highest BCUT2D eigenvalue weighted by atomic mass is 19.1. The van der Waals surface area contributed by atoms with E-state index in [0.29, 0.717) is 10.8 Å². The van der Waals surface area contributed by atoms with Crippen LogP contribution in [0.2, 0.25) is 0 Å². The van der Waals surface area contributed by atoms with Crippen LogP contribution < -0.4 is 0 Å². The van der Waals surface area contributed by atoms with E-state index in [9.17, 15) is 4.39 Å². The van der Waals surface area contributed by atoms with E-state index in [-0.39, 0.29) is 11.4 Å². The second-order valence-electron chi connectivity index (χ2n) is 3.09. The number of fused-ring (bicyclic) bond motifs is 1. The summed E-state index contributed by atoms with van der Waals surface area (Å²) in [5.41, 5.74) is 1.20. The SMILES string of the molecule is Cc1ccc(F)c2c(C#N)cncc12. The highest BCUT2D eigenvalue weighted by molar-refractivity contribution is 5.89. The third-order valence-electron chi connectivity index (χ3n) is 2.21. The van der Waals surface area contributed by atoms with E-state index in [1.54, 1.807) is 12.3 Å². The van der Waals surface area contributed by atoms with Gasteiger partial charge in [0.05, 0.1) is 5.56 Å². The van der Waals surface area contributed by atoms with Crippen LogP contribution in [0.3, 0.4) is 0 Å². The minimum absolute atomic E-state index is 0.281. The maximum atomic E-state index is 13.4. The number of hydrogen-bond acceptors (Lipinski definition) is 2. The van der Waals surface area contributed by atoms with E-state index in [4.69, 9.17) is 5.26 Å². The number of nitrogens with zero attached hydrogens (tertiary/aromatic N) is 2. The van der Waals surface area contributed by atoms with Crippen molar-refractivity contribution in [3.05, 3.63) is 41.5 Å². The van der Waals surface area contributed by atoms with Gasteiger partial charge in [0.15, 0.2) is 0 Å². The molecule has 3 heteroatoms. The lowest BCUT2D eigenvalue weighted by Crippen LogP contribution is -1.89. The van der Waals surface area contributed by atoms with E-state index in [2.05, 4.69) is 4.98 Å². The van der Waals surface area contributed by atoms with Gasteiger partial charge in [-0.15, -0.1) is 0 Å². The first kappa shape index (κ1) is 8.64. The first-order valence-electron chi connectivity index (χ1n) is 4.17. The van der Waals surface area contributed by atoms with Crippen LogP contribution in [-0.2, 0) is 0 Å². The number of rotatable bonds is 0. The first-order valence-corrected chi connectivity index (χ1v) is 4.17. The summed E-state index contributed by atoms with van der Waals surface area (Å²) in [6.45, 7) is 1.87. The second kappa shape index (κ2) is 3.08. The molecule has 0 aliphatic rings. The summed E-state index contributed by atoms with van der Waals surface area (Å²) in [6.07, 6.45) is 2.96. The minimum Gasteiger partial charge on any atom is -0.263 e. The normalized spacial score (nSPS) is 10.1. The van der Waals surface area contributed by atoms with Gasteiger partial charge in [0.1, 0.15) is 11.9 Å². The van der Waals surface area contributed by atoms with Crippen molar-refractivity contribution in [3.8, 4) is 6.07 Å². The fourth-order valence-electron chi connectivity index (χ4n) is 1.47. The molecule has 1 heterocycles. The van der Waals surface area contributed by atoms with Crippen molar-refractivity contribution < 1.29 is 4.39 Å². The van der Waals surface area contributed by atoms with E-state index in [1.807, 2.05) is 13.0 Å². The summed E-state index contributed by atoms with van der Waals surface area (Å²) in [6, 6.07) is 4.99. The van der Waals surface area contributed by atoms with Crippen molar-refractivity contribution >= 4 is 10.8 Å². The van der Waals surface area contributed by atoms with Crippen molar-refractivity contribution in [3.63, 3.8) is 0 Å². The van der Waals surface area contributed by atoms with Crippen LogP contribution in [0.1, 0.15) is 11.1 Å². The maximum absolute atomic E-state index is 13.4. The van der Waals surface area contributed by atoms with Crippen molar-refractivity contribution in [1.82, 2.24) is 4.98 Å². The van der Waals surface area contributed by atoms with Crippen molar-refractivity contribution in [2.24, 2.45) is 0 Å². The van der Waals surface area contributed by atoms with Gasteiger partial charge >= 0.3 is 0 Å². The van der Waals surface area contributed by atoms with E-state index in [0.717, 1.165) is 5.56 Å². The van der Waals surface area contributed by atoms with E-state index >= 15 is 0 Å². The predicted octanol–water partition coefficient (Wildman–Crippen LogP) is 2.55. The molecule has 0 radical (unpaired) electrons. The Morgan fingerprint density at radius 2 is 2.14 bits per heavy atom. The molecule has 0 saturated heterocycles. The second-order valence-corrected chi connectivity index (χ2v) is 3.09. The van der Waals surface area contributed by atoms with Crippen LogP contribution >= 0.6 is 0 Å². The number of aryl methyl sites for hydroxylation is 1. The molecule has 0 bridgehead atoms. The van der Waals surface area contributed by atoms with Crippen LogP contribution in [0, 0.1) is 24.1 Å². The molecule has 0 unspecified atom stereocenters. The molecule has 0 aliphatic heterocycles. The largest absolute Gasteiger partial charge is 0.263 e. The zero-order valence-electron chi connectivity index (χ0n) is 7.58. The molecule has 0 spiro atoms. The molecule has 0 saturated carbocycles. The topological polar surface area (TPSA) is 36.7 Å². The average Bonchev–Trinajstić information content (AvgIpc) is 2.23. The Hall–Kier alpha value is -1.95. The molecular formula is C11H7FN2. The van der Waals surface area contributed by atoms with E-state index < -0.39 is 0 Å². The molecular weight excluding hydrogens is 179 g/mol. The number of hydrogen-bond donors (Lipinski definition) is 0. The first-order chi connectivity index (χ1) is 6.74. The number of pyridine rings is 1. The van der Waals surface area contributed by atoms with Gasteiger partial charge in [0.2, 0.25) is 0 Å². The predicted molar refractivity (Wildman–Crippen MR) is 51.2 cm³/mol. The Morgan fingerprint density at radius 1 is 1.36 bits per heavy atom. The average molecular weight is 186 g/mol. The van der Waals surface area contributed by atoms with Gasteiger partial charge in [-0.3, -0.25) is 4.98 Å². The zero-order valence-corrected chi connectivity index (χ0v) is 7.58. The standard InChI is InChI=1S/C11H7FN2/c1-7-2-3-10(12)11-8(4-13)5-14-6-9(7)11/h2-3,5-6H,1H3. The van der Waals surface area contributed by atoms with Gasteiger partial charge in [-0.1, -0.05) is 6.07 Å². The minimum atomic E-state index is -0.371. The summed E-state index contributed by atoms with van der Waals surface area (Å²) in [5.74, 6) is -0.371. The summed E-state index contributed by atoms with van der Waals surface area (Å²) >= 11 is 0. The molecule has 0 atom stereocenters. The maximum Gasteiger partial charge on any atom is 0.132 e. The Morgan fingerprint density at radius 3 is 2.86 bits per heavy atom. The number of nitriles is 1. The lowest BCUT2D eigenvalue weighted by atomic mass is 10.0. The Balaban J connectivity index is 3.01. The van der Waals surface area contributed by atoms with Gasteiger partial charge in [-0.2, -0.15) is 5.26 Å². The molecule has 68 valence electrons. The monoisotopic (exact) mass is 186 g/mol. The molecule has 0 aliphatic carbocycles. The molecule has 0 fully saturated rings. The molecule has 0 N–H and O–H groups in total. The lowest BCUT2D eigenvalue weighted by Gasteiger charge is -2.03. The quantitative estimate of drug-likeness (QED) is 0.634. The third-order valence-corrected chi connectivity index (χ3v) is 2.21. The van der Waals surface area contributed by atoms with Gasteiger partial charge < -0.3 is 0 Å². The number of aromatic nitrogens is 1. The van der Waals surface area contributed by atoms with E-state index in [1.165, 1.54) is 12.3 Å². The number of benzene rings is 1. The van der Waals surface area contributed by atoms with Crippen molar-refractivity contribution in [2.45, 2.75) is 6.92 Å². The molecule has 14 heavy (non-hydrogen) atoms.